The van der Waals surface area contributed by atoms with Gasteiger partial charge in [-0.1, -0.05) is 17.4 Å². The van der Waals surface area contributed by atoms with E-state index in [9.17, 15) is 4.79 Å². The third-order valence-corrected chi connectivity index (χ3v) is 3.52. The summed E-state index contributed by atoms with van der Waals surface area (Å²) < 4.78 is 2.56. The predicted molar refractivity (Wildman–Crippen MR) is 79.1 cm³/mol. The van der Waals surface area contributed by atoms with Gasteiger partial charge in [0.2, 0.25) is 5.13 Å². The van der Waals surface area contributed by atoms with Crippen molar-refractivity contribution in [1.82, 2.24) is 20.0 Å². The molecule has 0 aliphatic rings. The van der Waals surface area contributed by atoms with E-state index in [1.807, 2.05) is 12.3 Å². The smallest absolute Gasteiger partial charge is 0.257 e. The highest BCUT2D eigenvalue weighted by Crippen LogP contribution is 2.15. The topological polar surface area (TPSA) is 72.7 Å². The summed E-state index contributed by atoms with van der Waals surface area (Å²) in [5, 5.41) is 14.8. The fourth-order valence-electron chi connectivity index (χ4n) is 1.63. The molecular weight excluding hydrogens is 342 g/mol. The first-order chi connectivity index (χ1) is 9.72. The van der Waals surface area contributed by atoms with Crippen LogP contribution in [0, 0.1) is 0 Å². The predicted octanol–water partition coefficient (Wildman–Crippen LogP) is 2.74. The van der Waals surface area contributed by atoms with Crippen molar-refractivity contribution in [2.75, 3.05) is 5.32 Å². The number of hydrogen-bond donors (Lipinski definition) is 1. The summed E-state index contributed by atoms with van der Waals surface area (Å²) in [5.41, 5.74) is 2.90. The summed E-state index contributed by atoms with van der Waals surface area (Å²) in [7, 11) is 0. The number of nitrogens with one attached hydrogen (secondary N) is 1. The molecule has 0 unspecified atom stereocenters. The van der Waals surface area contributed by atoms with Crippen LogP contribution in [0.15, 0.2) is 46.6 Å². The van der Waals surface area contributed by atoms with Crippen LogP contribution in [0.1, 0.15) is 10.4 Å². The molecule has 0 saturated carbocycles. The van der Waals surface area contributed by atoms with Crippen LogP contribution in [0.2, 0.25) is 0 Å². The van der Waals surface area contributed by atoms with Crippen LogP contribution >= 0.6 is 27.3 Å². The van der Waals surface area contributed by atoms with Gasteiger partial charge < -0.3 is 0 Å². The standard InChI is InChI=1S/C12H8BrN5OS/c13-9-5-15-18(6-9)10-3-1-2-8(4-10)11(19)16-12-17-14-7-20-12/h1-7H,(H,16,17,19). The van der Waals surface area contributed by atoms with Gasteiger partial charge in [0.15, 0.2) is 0 Å². The van der Waals surface area contributed by atoms with Crippen LogP contribution in [-0.4, -0.2) is 25.9 Å². The van der Waals surface area contributed by atoms with Crippen molar-refractivity contribution in [3.63, 3.8) is 0 Å². The molecule has 0 fully saturated rings. The average molecular weight is 350 g/mol. The van der Waals surface area contributed by atoms with Crippen molar-refractivity contribution < 1.29 is 4.79 Å². The number of nitrogens with zero attached hydrogens (tertiary/aromatic N) is 4. The van der Waals surface area contributed by atoms with Gasteiger partial charge in [-0.15, -0.1) is 10.2 Å². The molecule has 8 heteroatoms. The van der Waals surface area contributed by atoms with Crippen LogP contribution < -0.4 is 5.32 Å². The van der Waals surface area contributed by atoms with Crippen molar-refractivity contribution in [3.05, 3.63) is 52.2 Å². The summed E-state index contributed by atoms with van der Waals surface area (Å²) in [4.78, 5) is 12.1. The Kier molecular flexibility index (Phi) is 3.57. The van der Waals surface area contributed by atoms with E-state index in [4.69, 9.17) is 0 Å². The molecule has 1 amide bonds. The minimum Gasteiger partial charge on any atom is -0.296 e. The Morgan fingerprint density at radius 1 is 1.40 bits per heavy atom. The molecule has 2 heterocycles. The molecule has 0 saturated heterocycles. The molecule has 3 rings (SSSR count). The number of amides is 1. The Hall–Kier alpha value is -2.06. The van der Waals surface area contributed by atoms with Crippen molar-refractivity contribution in [1.29, 1.82) is 0 Å². The summed E-state index contributed by atoms with van der Waals surface area (Å²) in [6.45, 7) is 0. The van der Waals surface area contributed by atoms with E-state index in [2.05, 4.69) is 36.5 Å². The Balaban J connectivity index is 1.85. The van der Waals surface area contributed by atoms with E-state index in [0.717, 1.165) is 10.2 Å². The Bertz CT molecular complexity index is 740. The molecule has 0 bridgehead atoms. The van der Waals surface area contributed by atoms with Crippen molar-refractivity contribution in [2.24, 2.45) is 0 Å². The van der Waals surface area contributed by atoms with Gasteiger partial charge in [-0.2, -0.15) is 5.10 Å². The minimum atomic E-state index is -0.227. The quantitative estimate of drug-likeness (QED) is 0.788. The van der Waals surface area contributed by atoms with Gasteiger partial charge in [-0.3, -0.25) is 10.1 Å². The second kappa shape index (κ2) is 5.51. The average Bonchev–Trinajstić information content (AvgIpc) is 3.10. The molecule has 1 aromatic carbocycles. The molecule has 1 N–H and O–H groups in total. The number of carbonyl (C=O) groups excluding carboxylic acids is 1. The van der Waals surface area contributed by atoms with E-state index in [0.29, 0.717) is 10.7 Å². The normalized spacial score (nSPS) is 10.4. The van der Waals surface area contributed by atoms with Gasteiger partial charge in [-0.25, -0.2) is 4.68 Å². The number of rotatable bonds is 3. The Morgan fingerprint density at radius 2 is 2.30 bits per heavy atom. The highest BCUT2D eigenvalue weighted by atomic mass is 79.9. The molecule has 0 spiro atoms. The second-order valence-corrected chi connectivity index (χ2v) is 5.60. The lowest BCUT2D eigenvalue weighted by Crippen LogP contribution is -2.12. The molecular formula is C12H8BrN5OS. The number of benzene rings is 1. The largest absolute Gasteiger partial charge is 0.296 e. The van der Waals surface area contributed by atoms with Crippen molar-refractivity contribution >= 4 is 38.3 Å². The Labute approximate surface area is 126 Å². The van der Waals surface area contributed by atoms with Gasteiger partial charge in [-0.05, 0) is 34.1 Å². The van der Waals surface area contributed by atoms with E-state index in [1.54, 1.807) is 34.6 Å². The summed E-state index contributed by atoms with van der Waals surface area (Å²) >= 11 is 4.61. The maximum absolute atomic E-state index is 12.1. The molecule has 20 heavy (non-hydrogen) atoms. The van der Waals surface area contributed by atoms with Gasteiger partial charge >= 0.3 is 0 Å². The molecule has 0 aliphatic carbocycles. The first-order valence-corrected chi connectivity index (χ1v) is 7.28. The third-order valence-electron chi connectivity index (χ3n) is 2.50. The van der Waals surface area contributed by atoms with Crippen LogP contribution in [0.3, 0.4) is 0 Å². The lowest BCUT2D eigenvalue weighted by Gasteiger charge is -2.05. The van der Waals surface area contributed by atoms with Crippen LogP contribution in [0.5, 0.6) is 0 Å². The monoisotopic (exact) mass is 349 g/mol. The first kappa shape index (κ1) is 12.9. The second-order valence-electron chi connectivity index (χ2n) is 3.85. The highest BCUT2D eigenvalue weighted by molar-refractivity contribution is 9.10. The van der Waals surface area contributed by atoms with Crippen LogP contribution in [-0.2, 0) is 0 Å². The fraction of sp³-hybridized carbons (Fsp3) is 0. The Morgan fingerprint density at radius 3 is 3.00 bits per heavy atom. The fourth-order valence-corrected chi connectivity index (χ4v) is 2.35. The maximum Gasteiger partial charge on any atom is 0.257 e. The summed E-state index contributed by atoms with van der Waals surface area (Å²) in [6.07, 6.45) is 3.51. The van der Waals surface area contributed by atoms with Gasteiger partial charge in [0.1, 0.15) is 5.51 Å². The third kappa shape index (κ3) is 2.75. The lowest BCUT2D eigenvalue weighted by molar-refractivity contribution is 0.102. The van der Waals surface area contributed by atoms with E-state index >= 15 is 0 Å². The molecule has 3 aromatic rings. The number of carbonyl (C=O) groups is 1. The van der Waals surface area contributed by atoms with Crippen molar-refractivity contribution in [3.8, 4) is 5.69 Å². The van der Waals surface area contributed by atoms with Crippen molar-refractivity contribution in [2.45, 2.75) is 0 Å². The van der Waals surface area contributed by atoms with E-state index < -0.39 is 0 Å². The summed E-state index contributed by atoms with van der Waals surface area (Å²) in [5.74, 6) is -0.227. The zero-order chi connectivity index (χ0) is 13.9. The SMILES string of the molecule is O=C(Nc1nncs1)c1cccc(-n2cc(Br)cn2)c1. The maximum atomic E-state index is 12.1. The first-order valence-electron chi connectivity index (χ1n) is 5.60. The number of aromatic nitrogens is 4. The molecule has 0 radical (unpaired) electrons. The van der Waals surface area contributed by atoms with Crippen LogP contribution in [0.4, 0.5) is 5.13 Å². The van der Waals surface area contributed by atoms with Gasteiger partial charge in [0.25, 0.3) is 5.91 Å². The number of hydrogen-bond acceptors (Lipinski definition) is 5. The van der Waals surface area contributed by atoms with E-state index in [-0.39, 0.29) is 5.91 Å². The molecule has 0 aliphatic heterocycles. The zero-order valence-corrected chi connectivity index (χ0v) is 12.4. The number of anilines is 1. The molecule has 6 nitrogen and oxygen atoms in total. The van der Waals surface area contributed by atoms with Gasteiger partial charge in [0.05, 0.1) is 16.4 Å². The molecule has 0 atom stereocenters. The number of halogens is 1. The highest BCUT2D eigenvalue weighted by Gasteiger charge is 2.09. The van der Waals surface area contributed by atoms with Gasteiger partial charge in [0, 0.05) is 11.8 Å². The minimum absolute atomic E-state index is 0.227. The van der Waals surface area contributed by atoms with Crippen LogP contribution in [0.25, 0.3) is 5.69 Å². The lowest BCUT2D eigenvalue weighted by atomic mass is 10.2. The molecule has 2 aromatic heterocycles. The zero-order valence-electron chi connectivity index (χ0n) is 10.0. The van der Waals surface area contributed by atoms with E-state index in [1.165, 1.54) is 11.3 Å². The molecule has 100 valence electrons. The summed E-state index contributed by atoms with van der Waals surface area (Å²) in [6, 6.07) is 7.18.